The van der Waals surface area contributed by atoms with Crippen LogP contribution in [0.1, 0.15) is 70.8 Å². The van der Waals surface area contributed by atoms with E-state index in [-0.39, 0.29) is 11.8 Å². The van der Waals surface area contributed by atoms with Gasteiger partial charge in [-0.25, -0.2) is 0 Å². The minimum atomic E-state index is -0.427. The summed E-state index contributed by atoms with van der Waals surface area (Å²) < 4.78 is 0. The summed E-state index contributed by atoms with van der Waals surface area (Å²) in [6, 6.07) is 20.3. The third-order valence-corrected chi connectivity index (χ3v) is 8.44. The first-order valence-corrected chi connectivity index (χ1v) is 14.6. The summed E-state index contributed by atoms with van der Waals surface area (Å²) in [6.07, 6.45) is 7.36. The molecule has 7 nitrogen and oxygen atoms in total. The van der Waals surface area contributed by atoms with Gasteiger partial charge in [-0.15, -0.1) is 10.2 Å². The Bertz CT molecular complexity index is 1320. The number of hydrogen-bond acceptors (Lipinski definition) is 5. The molecule has 210 valence electrons. The van der Waals surface area contributed by atoms with Crippen LogP contribution in [-0.2, 0) is 15.1 Å². The predicted molar refractivity (Wildman–Crippen MR) is 159 cm³/mol. The quantitative estimate of drug-likeness (QED) is 0.340. The molecule has 0 aliphatic heterocycles. The van der Waals surface area contributed by atoms with E-state index < -0.39 is 5.54 Å². The topological polar surface area (TPSA) is 101 Å². The van der Waals surface area contributed by atoms with E-state index in [2.05, 4.69) is 15.5 Å². The molecule has 2 amide bonds. The van der Waals surface area contributed by atoms with E-state index in [0.717, 1.165) is 53.6 Å². The van der Waals surface area contributed by atoms with Gasteiger partial charge in [0.1, 0.15) is 5.69 Å². The number of benzene rings is 2. The van der Waals surface area contributed by atoms with Crippen LogP contribution in [0.4, 0.5) is 5.82 Å². The second-order valence-corrected chi connectivity index (χ2v) is 12.2. The van der Waals surface area contributed by atoms with Crippen molar-refractivity contribution in [2.24, 2.45) is 17.6 Å². The fourth-order valence-electron chi connectivity index (χ4n) is 5.67. The number of nitrogens with zero attached hydrogens (tertiary/aromatic N) is 3. The minimum Gasteiger partial charge on any atom is -0.343 e. The molecule has 5 rings (SSSR count). The van der Waals surface area contributed by atoms with E-state index in [1.807, 2.05) is 86.5 Å². The predicted octanol–water partition coefficient (Wildman–Crippen LogP) is 6.15. The van der Waals surface area contributed by atoms with Crippen molar-refractivity contribution >= 4 is 17.6 Å². The van der Waals surface area contributed by atoms with E-state index in [1.54, 1.807) is 0 Å². The van der Waals surface area contributed by atoms with E-state index in [0.29, 0.717) is 36.5 Å². The number of carbonyl (C=O) groups is 2. The highest BCUT2D eigenvalue weighted by atomic mass is 16.2. The van der Waals surface area contributed by atoms with Crippen molar-refractivity contribution in [1.82, 2.24) is 15.1 Å². The van der Waals surface area contributed by atoms with E-state index in [9.17, 15) is 9.59 Å². The van der Waals surface area contributed by atoms with Crippen LogP contribution in [-0.4, -0.2) is 40.0 Å². The average Bonchev–Trinajstić information content (AvgIpc) is 3.77. The summed E-state index contributed by atoms with van der Waals surface area (Å²) >= 11 is 0. The van der Waals surface area contributed by atoms with Gasteiger partial charge >= 0.3 is 0 Å². The lowest BCUT2D eigenvalue weighted by atomic mass is 9.83. The lowest BCUT2D eigenvalue weighted by molar-refractivity contribution is -0.133. The van der Waals surface area contributed by atoms with Gasteiger partial charge in [-0.2, -0.15) is 0 Å². The van der Waals surface area contributed by atoms with E-state index in [4.69, 9.17) is 5.73 Å². The summed E-state index contributed by atoms with van der Waals surface area (Å²) in [5.41, 5.74) is 10.5. The van der Waals surface area contributed by atoms with E-state index in [1.165, 1.54) is 12.8 Å². The molecule has 0 atom stereocenters. The maximum atomic E-state index is 13.0. The number of nitrogens with two attached hydrogens (primary N) is 1. The van der Waals surface area contributed by atoms with Gasteiger partial charge in [-0.1, -0.05) is 54.6 Å². The maximum Gasteiger partial charge on any atom is 0.225 e. The number of amides is 2. The van der Waals surface area contributed by atoms with Crippen LogP contribution in [0.5, 0.6) is 0 Å². The molecule has 0 bridgehead atoms. The zero-order chi connectivity index (χ0) is 28.3. The molecule has 0 radical (unpaired) electrons. The fraction of sp³-hybridized carbons (Fsp3) is 0.455. The van der Waals surface area contributed by atoms with Crippen LogP contribution in [0.2, 0.25) is 0 Å². The number of carbonyl (C=O) groups excluding carboxylic acids is 2. The zero-order valence-corrected chi connectivity index (χ0v) is 23.9. The minimum absolute atomic E-state index is 0.0443. The van der Waals surface area contributed by atoms with Gasteiger partial charge in [0.25, 0.3) is 0 Å². The van der Waals surface area contributed by atoms with Gasteiger partial charge < -0.3 is 16.0 Å². The Morgan fingerprint density at radius 1 is 0.875 bits per heavy atom. The molecule has 2 aromatic carbocycles. The first-order chi connectivity index (χ1) is 19.2. The average molecular weight is 540 g/mol. The van der Waals surface area contributed by atoms with Crippen molar-refractivity contribution in [3.8, 4) is 22.4 Å². The van der Waals surface area contributed by atoms with Crippen molar-refractivity contribution < 1.29 is 9.59 Å². The Labute approximate surface area is 237 Å². The van der Waals surface area contributed by atoms with Gasteiger partial charge in [0.05, 0.1) is 0 Å². The molecule has 2 saturated carbocycles. The van der Waals surface area contributed by atoms with Gasteiger partial charge in [0.15, 0.2) is 5.82 Å². The number of aromatic nitrogens is 2. The molecule has 40 heavy (non-hydrogen) atoms. The highest BCUT2D eigenvalue weighted by molar-refractivity contribution is 5.91. The summed E-state index contributed by atoms with van der Waals surface area (Å²) in [6.45, 7) is 3.96. The van der Waals surface area contributed by atoms with Crippen molar-refractivity contribution in [1.29, 1.82) is 0 Å². The van der Waals surface area contributed by atoms with E-state index >= 15 is 0 Å². The first-order valence-electron chi connectivity index (χ1n) is 14.6. The van der Waals surface area contributed by atoms with Crippen molar-refractivity contribution in [2.75, 3.05) is 12.4 Å². The number of nitrogens with one attached hydrogen (secondary N) is 1. The highest BCUT2D eigenvalue weighted by Gasteiger charge is 2.31. The van der Waals surface area contributed by atoms with Gasteiger partial charge in [-0.05, 0) is 81.4 Å². The molecule has 1 heterocycles. The monoisotopic (exact) mass is 539 g/mol. The normalized spacial score (nSPS) is 19.2. The molecular formula is C33H41N5O2. The Balaban J connectivity index is 1.24. The Morgan fingerprint density at radius 2 is 1.50 bits per heavy atom. The van der Waals surface area contributed by atoms with Crippen molar-refractivity contribution in [3.63, 3.8) is 0 Å². The standard InChI is InChI=1S/C33H41N5O2/c1-33(2,34)26-15-13-25(14-16-26)32-28(24-7-5-4-6-8-24)21-29(36-37-32)35-30(39)19-22-11-17-27(18-12-22)38(3)31(40)20-23-9-10-23/h4-8,13-16,21-23,27H,9-12,17-20,34H2,1-3H3,(H,35,36,39)/t22-,27-. The van der Waals surface area contributed by atoms with Crippen LogP contribution in [0.15, 0.2) is 60.7 Å². The van der Waals surface area contributed by atoms with Crippen molar-refractivity contribution in [3.05, 3.63) is 66.2 Å². The summed E-state index contributed by atoms with van der Waals surface area (Å²) in [4.78, 5) is 27.5. The second-order valence-electron chi connectivity index (χ2n) is 12.2. The van der Waals surface area contributed by atoms with Crippen LogP contribution in [0.3, 0.4) is 0 Å². The molecule has 3 aromatic rings. The fourth-order valence-corrected chi connectivity index (χ4v) is 5.67. The molecule has 7 heteroatoms. The van der Waals surface area contributed by atoms with Gasteiger partial charge in [0.2, 0.25) is 11.8 Å². The third kappa shape index (κ3) is 6.94. The van der Waals surface area contributed by atoms with Gasteiger partial charge in [-0.3, -0.25) is 9.59 Å². The third-order valence-electron chi connectivity index (χ3n) is 8.44. The molecule has 2 aliphatic carbocycles. The number of rotatable bonds is 9. The molecule has 2 fully saturated rings. The number of hydrogen-bond donors (Lipinski definition) is 2. The second kappa shape index (κ2) is 11.9. The molecular weight excluding hydrogens is 498 g/mol. The molecule has 0 saturated heterocycles. The van der Waals surface area contributed by atoms with Crippen LogP contribution in [0, 0.1) is 11.8 Å². The van der Waals surface area contributed by atoms with Crippen LogP contribution in [0.25, 0.3) is 22.4 Å². The Hall–Kier alpha value is -3.58. The largest absolute Gasteiger partial charge is 0.343 e. The van der Waals surface area contributed by atoms with Crippen LogP contribution >= 0.6 is 0 Å². The smallest absolute Gasteiger partial charge is 0.225 e. The molecule has 3 N–H and O–H groups in total. The SMILES string of the molecule is CN(C(=O)CC1CC1)[C@H]1CC[C@H](CC(=O)Nc2cc(-c3ccccc3)c(-c3ccc(C(C)(C)N)cc3)nn2)CC1. The number of anilines is 1. The highest BCUT2D eigenvalue weighted by Crippen LogP contribution is 2.35. The van der Waals surface area contributed by atoms with Gasteiger partial charge in [0, 0.05) is 42.6 Å². The molecule has 0 unspecified atom stereocenters. The zero-order valence-electron chi connectivity index (χ0n) is 23.9. The summed E-state index contributed by atoms with van der Waals surface area (Å²) in [5.74, 6) is 1.61. The molecule has 2 aliphatic rings. The lowest BCUT2D eigenvalue weighted by Crippen LogP contribution is -2.40. The summed E-state index contributed by atoms with van der Waals surface area (Å²) in [5, 5.41) is 11.9. The first kappa shape index (κ1) is 28.0. The Morgan fingerprint density at radius 3 is 2.12 bits per heavy atom. The van der Waals surface area contributed by atoms with Crippen LogP contribution < -0.4 is 11.1 Å². The van der Waals surface area contributed by atoms with Crippen molar-refractivity contribution in [2.45, 2.75) is 76.8 Å². The maximum absolute atomic E-state index is 13.0. The molecule has 0 spiro atoms. The lowest BCUT2D eigenvalue weighted by Gasteiger charge is -2.34. The Kier molecular flexibility index (Phi) is 8.31. The molecule has 1 aromatic heterocycles. The summed E-state index contributed by atoms with van der Waals surface area (Å²) in [7, 11) is 1.95.